The quantitative estimate of drug-likeness (QED) is 0.0525. The number of aliphatic carboxylic acids is 2. The fraction of sp³-hybridized carbons (Fsp3) is 0.944. The van der Waals surface area contributed by atoms with Crippen molar-refractivity contribution >= 4 is 68.8 Å². The van der Waals surface area contributed by atoms with Crippen molar-refractivity contribution in [3.05, 3.63) is 0 Å². The van der Waals surface area contributed by atoms with Crippen LogP contribution < -0.4 is 0 Å². The van der Waals surface area contributed by atoms with Crippen LogP contribution in [-0.2, 0) is 9.59 Å². The molecule has 0 atom stereocenters. The van der Waals surface area contributed by atoms with Gasteiger partial charge >= 0.3 is 68.8 Å². The number of hydrogen-bond acceptors (Lipinski definition) is 2. The van der Waals surface area contributed by atoms with E-state index in [-0.39, 0.29) is 56.9 Å². The van der Waals surface area contributed by atoms with Crippen LogP contribution in [0.4, 0.5) is 0 Å². The summed E-state index contributed by atoms with van der Waals surface area (Å²) in [5.74, 6) is -1.31. The van der Waals surface area contributed by atoms with E-state index < -0.39 is 11.9 Å². The Morgan fingerprint density at radius 3 is 0.619 bits per heavy atom. The molecule has 0 rings (SSSR count). The summed E-state index contributed by atoms with van der Waals surface area (Å²) in [5, 5.41) is 17.0. The van der Waals surface area contributed by atoms with Crippen molar-refractivity contribution in [3.8, 4) is 0 Å². The Morgan fingerprint density at radius 2 is 0.476 bits per heavy atom. The van der Waals surface area contributed by atoms with Crippen LogP contribution in [-0.4, -0.2) is 79.0 Å². The van der Waals surface area contributed by atoms with Crippen LogP contribution in [0.5, 0.6) is 0 Å². The number of rotatable bonds is 32. The molecular weight excluding hydrogens is 727 g/mol. The van der Waals surface area contributed by atoms with Crippen molar-refractivity contribution in [3.63, 3.8) is 0 Å². The molecule has 0 aliphatic rings. The molecule has 6 heteroatoms. The van der Waals surface area contributed by atoms with Crippen LogP contribution in [0.15, 0.2) is 0 Å². The summed E-state index contributed by atoms with van der Waals surface area (Å²) >= 11 is 0. The van der Waals surface area contributed by atoms with Gasteiger partial charge < -0.3 is 10.2 Å². The summed E-state index contributed by atoms with van der Waals surface area (Å²) in [6.45, 7) is 4.54. The van der Waals surface area contributed by atoms with Gasteiger partial charge in [0.1, 0.15) is 0 Å². The second-order valence-corrected chi connectivity index (χ2v) is 12.2. The molecule has 0 aromatic heterocycles. The van der Waals surface area contributed by atoms with Crippen molar-refractivity contribution < 1.29 is 19.8 Å². The summed E-state index contributed by atoms with van der Waals surface area (Å²) in [6.07, 6.45) is 40.4. The van der Waals surface area contributed by atoms with Gasteiger partial charge in [-0.2, -0.15) is 0 Å². The second-order valence-electron chi connectivity index (χ2n) is 12.2. The topological polar surface area (TPSA) is 74.6 Å². The molecule has 0 saturated carbocycles. The van der Waals surface area contributed by atoms with Crippen molar-refractivity contribution in [1.82, 2.24) is 0 Å². The third kappa shape index (κ3) is 53.4. The van der Waals surface area contributed by atoms with Crippen LogP contribution in [0.1, 0.15) is 219 Å². The normalized spacial score (nSPS) is 10.3. The van der Waals surface area contributed by atoms with Gasteiger partial charge in [-0.1, -0.05) is 194 Å². The molecule has 2 N–H and O–H groups in total. The molecule has 0 saturated heterocycles. The summed E-state index contributed by atoms with van der Waals surface area (Å²) < 4.78 is 0. The number of carbonyl (C=O) groups is 2. The molecule has 42 heavy (non-hydrogen) atoms. The summed E-state index contributed by atoms with van der Waals surface area (Å²) in [4.78, 5) is 20.7. The third-order valence-electron chi connectivity index (χ3n) is 7.99. The zero-order valence-corrected chi connectivity index (χ0v) is 33.5. The Balaban J connectivity index is -0.000000328. The summed E-state index contributed by atoms with van der Waals surface area (Å²) in [6, 6.07) is 0. The van der Waals surface area contributed by atoms with Gasteiger partial charge in [-0.25, -0.2) is 0 Å². The van der Waals surface area contributed by atoms with Crippen molar-refractivity contribution in [1.29, 1.82) is 0 Å². The molecule has 0 unspecified atom stereocenters. The van der Waals surface area contributed by atoms with Gasteiger partial charge in [-0.3, -0.25) is 9.59 Å². The van der Waals surface area contributed by atoms with Gasteiger partial charge in [-0.05, 0) is 12.8 Å². The third-order valence-corrected chi connectivity index (χ3v) is 7.99. The Morgan fingerprint density at radius 1 is 0.333 bits per heavy atom. The monoisotopic (exact) mass is 803 g/mol. The van der Waals surface area contributed by atoms with E-state index in [1.54, 1.807) is 0 Å². The summed E-state index contributed by atoms with van der Waals surface area (Å²) in [7, 11) is 0. The second kappa shape index (κ2) is 46.3. The van der Waals surface area contributed by atoms with Gasteiger partial charge in [0, 0.05) is 12.8 Å². The first kappa shape index (κ1) is 49.7. The van der Waals surface area contributed by atoms with E-state index in [1.807, 2.05) is 0 Å². The first-order valence-corrected chi connectivity index (χ1v) is 18.0. The predicted octanol–water partition coefficient (Wildman–Crippen LogP) is 11.1. The van der Waals surface area contributed by atoms with Gasteiger partial charge in [0.05, 0.1) is 0 Å². The van der Waals surface area contributed by atoms with Gasteiger partial charge in [0.2, 0.25) is 0 Å². The molecule has 0 aliphatic heterocycles. The molecule has 0 heterocycles. The standard InChI is InChI=1S/2C18H36O2.Na.Pb.3H/c2*1-2-3-4-5-6-7-8-9-10-11-12-13-14-15-16-17-18(19)20;;;;;/h2*2-17H2,1H3,(H,19,20);;;;;. The van der Waals surface area contributed by atoms with Crippen LogP contribution >= 0.6 is 0 Å². The molecular formula is C36H75NaO4Pb. The number of carboxylic acids is 2. The molecule has 0 fully saturated rings. The molecule has 4 nitrogen and oxygen atoms in total. The minimum absolute atomic E-state index is 0. The number of unbranched alkanes of at least 4 members (excludes halogenated alkanes) is 28. The predicted molar refractivity (Wildman–Crippen MR) is 190 cm³/mol. The van der Waals surface area contributed by atoms with E-state index in [0.717, 1.165) is 25.7 Å². The molecule has 0 amide bonds. The minimum atomic E-state index is -0.653. The molecule has 0 aromatic rings. The van der Waals surface area contributed by atoms with Crippen LogP contribution in [0, 0.1) is 0 Å². The van der Waals surface area contributed by atoms with Crippen LogP contribution in [0.2, 0.25) is 0 Å². The van der Waals surface area contributed by atoms with Gasteiger partial charge in [-0.15, -0.1) is 0 Å². The van der Waals surface area contributed by atoms with E-state index in [4.69, 9.17) is 10.2 Å². The van der Waals surface area contributed by atoms with E-state index in [0.29, 0.717) is 12.8 Å². The van der Waals surface area contributed by atoms with Crippen molar-refractivity contribution in [2.75, 3.05) is 0 Å². The molecule has 0 aliphatic carbocycles. The first-order valence-electron chi connectivity index (χ1n) is 18.0. The maximum atomic E-state index is 10.3. The molecule has 2 radical (unpaired) electrons. The van der Waals surface area contributed by atoms with Crippen LogP contribution in [0.3, 0.4) is 0 Å². The Bertz CT molecular complexity index is 461. The molecule has 248 valence electrons. The zero-order chi connectivity index (χ0) is 29.8. The molecule has 0 bridgehead atoms. The number of hydrogen-bond donors (Lipinski definition) is 2. The van der Waals surface area contributed by atoms with E-state index in [9.17, 15) is 9.59 Å². The molecule has 0 aromatic carbocycles. The van der Waals surface area contributed by atoms with Gasteiger partial charge in [0.15, 0.2) is 0 Å². The van der Waals surface area contributed by atoms with Crippen LogP contribution in [0.25, 0.3) is 0 Å². The SMILES string of the molecule is CCCCCCCCCCCCCCCCCC(=O)O.CCCCCCCCCCCCCCCCCC(=O)O.[NaH].[PbH2]. The fourth-order valence-corrected chi connectivity index (χ4v) is 5.30. The summed E-state index contributed by atoms with van der Waals surface area (Å²) in [5.41, 5.74) is 0. The average molecular weight is 802 g/mol. The Hall–Kier alpha value is 0.862. The first-order chi connectivity index (χ1) is 19.5. The van der Waals surface area contributed by atoms with Gasteiger partial charge in [0.25, 0.3) is 0 Å². The zero-order valence-electron chi connectivity index (χ0n) is 28.0. The average Bonchev–Trinajstić information content (AvgIpc) is 2.93. The van der Waals surface area contributed by atoms with Crippen molar-refractivity contribution in [2.24, 2.45) is 0 Å². The number of carboxylic acid groups (broad SMARTS) is 2. The maximum absolute atomic E-state index is 10.3. The van der Waals surface area contributed by atoms with E-state index in [1.165, 1.54) is 167 Å². The van der Waals surface area contributed by atoms with Crippen molar-refractivity contribution in [2.45, 2.75) is 219 Å². The molecule has 0 spiro atoms. The van der Waals surface area contributed by atoms with E-state index >= 15 is 0 Å². The Kier molecular flexibility index (Phi) is 54.8. The fourth-order valence-electron chi connectivity index (χ4n) is 5.30. The Labute approximate surface area is 305 Å². The van der Waals surface area contributed by atoms with E-state index in [2.05, 4.69) is 13.8 Å².